The Kier molecular flexibility index (Phi) is 3.34. The first-order valence-electron chi connectivity index (χ1n) is 5.52. The van der Waals surface area contributed by atoms with Gasteiger partial charge in [0, 0.05) is 19.5 Å². The van der Waals surface area contributed by atoms with Crippen molar-refractivity contribution >= 4 is 0 Å². The lowest BCUT2D eigenvalue weighted by Gasteiger charge is -2.38. The van der Waals surface area contributed by atoms with Gasteiger partial charge < -0.3 is 10.1 Å². The van der Waals surface area contributed by atoms with E-state index in [2.05, 4.69) is 22.4 Å². The lowest BCUT2D eigenvalue weighted by atomic mass is 9.83. The van der Waals surface area contributed by atoms with Gasteiger partial charge in [0.1, 0.15) is 0 Å². The summed E-state index contributed by atoms with van der Waals surface area (Å²) < 4.78 is 5.36. The van der Waals surface area contributed by atoms with E-state index in [1.807, 2.05) is 12.4 Å². The van der Waals surface area contributed by atoms with Crippen LogP contribution in [0.4, 0.5) is 0 Å². The summed E-state index contributed by atoms with van der Waals surface area (Å²) in [5, 5.41) is 3.60. The number of nitrogens with one attached hydrogen (secondary N) is 1. The molecule has 3 heteroatoms. The maximum atomic E-state index is 5.36. The van der Waals surface area contributed by atoms with Gasteiger partial charge in [0.25, 0.3) is 0 Å². The van der Waals surface area contributed by atoms with Gasteiger partial charge in [0.2, 0.25) is 0 Å². The van der Waals surface area contributed by atoms with E-state index in [1.165, 1.54) is 18.4 Å². The topological polar surface area (TPSA) is 34.1 Å². The summed E-state index contributed by atoms with van der Waals surface area (Å²) in [5.74, 6) is 0. The third-order valence-corrected chi connectivity index (χ3v) is 3.12. The van der Waals surface area contributed by atoms with Crippen LogP contribution in [0.5, 0.6) is 0 Å². The zero-order chi connectivity index (χ0) is 10.6. The van der Waals surface area contributed by atoms with E-state index in [0.29, 0.717) is 0 Å². The smallest absolute Gasteiger partial charge is 0.0686 e. The minimum Gasteiger partial charge on any atom is -0.382 e. The number of aromatic nitrogens is 1. The maximum Gasteiger partial charge on any atom is 0.0686 e. The first kappa shape index (κ1) is 10.6. The third-order valence-electron chi connectivity index (χ3n) is 3.12. The highest BCUT2D eigenvalue weighted by Crippen LogP contribution is 2.30. The van der Waals surface area contributed by atoms with Gasteiger partial charge in [-0.25, -0.2) is 0 Å². The summed E-state index contributed by atoms with van der Waals surface area (Å²) in [6.07, 6.45) is 7.37. The Morgan fingerprint density at radius 1 is 1.40 bits per heavy atom. The average molecular weight is 206 g/mol. The van der Waals surface area contributed by atoms with Crippen molar-refractivity contribution in [2.45, 2.75) is 24.8 Å². The molecule has 1 aliphatic heterocycles. The van der Waals surface area contributed by atoms with Gasteiger partial charge in [0.15, 0.2) is 0 Å². The van der Waals surface area contributed by atoms with Crippen LogP contribution in [0.25, 0.3) is 0 Å². The molecule has 0 radical (unpaired) electrons. The highest BCUT2D eigenvalue weighted by atomic mass is 16.5. The second-order valence-corrected chi connectivity index (χ2v) is 4.13. The lowest BCUT2D eigenvalue weighted by molar-refractivity contribution is 0.0883. The Bertz CT molecular complexity index is 288. The monoisotopic (exact) mass is 206 g/mol. The Balaban J connectivity index is 2.25. The molecule has 0 spiro atoms. The zero-order valence-corrected chi connectivity index (χ0v) is 9.20. The molecule has 82 valence electrons. The van der Waals surface area contributed by atoms with Crippen molar-refractivity contribution in [2.75, 3.05) is 20.3 Å². The summed E-state index contributed by atoms with van der Waals surface area (Å²) in [5.41, 5.74) is 1.30. The quantitative estimate of drug-likeness (QED) is 0.817. The fraction of sp³-hybridized carbons (Fsp3) is 0.583. The first-order valence-corrected chi connectivity index (χ1v) is 5.52. The number of ether oxygens (including phenoxy) is 1. The van der Waals surface area contributed by atoms with E-state index in [0.717, 1.165) is 19.6 Å². The summed E-state index contributed by atoms with van der Waals surface area (Å²) >= 11 is 0. The molecule has 1 atom stereocenters. The van der Waals surface area contributed by atoms with Crippen LogP contribution in [0, 0.1) is 0 Å². The lowest BCUT2D eigenvalue weighted by Crippen LogP contribution is -2.49. The van der Waals surface area contributed by atoms with Crippen molar-refractivity contribution in [3.8, 4) is 0 Å². The molecule has 0 aromatic carbocycles. The first-order chi connectivity index (χ1) is 7.37. The van der Waals surface area contributed by atoms with Crippen molar-refractivity contribution in [3.63, 3.8) is 0 Å². The van der Waals surface area contributed by atoms with Gasteiger partial charge in [-0.3, -0.25) is 4.98 Å². The normalized spacial score (nSPS) is 26.5. The fourth-order valence-electron chi connectivity index (χ4n) is 2.34. The van der Waals surface area contributed by atoms with Gasteiger partial charge in [0.05, 0.1) is 12.1 Å². The number of pyridine rings is 1. The molecule has 1 aliphatic rings. The molecule has 3 nitrogen and oxygen atoms in total. The molecule has 1 fully saturated rings. The van der Waals surface area contributed by atoms with Crippen LogP contribution >= 0.6 is 0 Å². The van der Waals surface area contributed by atoms with Crippen molar-refractivity contribution in [1.82, 2.24) is 10.3 Å². The van der Waals surface area contributed by atoms with E-state index in [4.69, 9.17) is 4.74 Å². The molecule has 2 rings (SSSR count). The number of methoxy groups -OCH3 is 1. The van der Waals surface area contributed by atoms with Crippen molar-refractivity contribution in [3.05, 3.63) is 30.1 Å². The van der Waals surface area contributed by atoms with E-state index < -0.39 is 0 Å². The van der Waals surface area contributed by atoms with Crippen LogP contribution in [0.3, 0.4) is 0 Å². The molecule has 1 unspecified atom stereocenters. The highest BCUT2D eigenvalue weighted by molar-refractivity contribution is 5.22. The predicted octanol–water partition coefficient (Wildman–Crippen LogP) is 1.70. The standard InChI is InChI=1S/C12H18N2O/c1-15-10-12(6-2-3-7-14-12)11-4-8-13-9-5-11/h4-5,8-9,14H,2-3,6-7,10H2,1H3. The van der Waals surface area contributed by atoms with Crippen LogP contribution in [-0.2, 0) is 10.3 Å². The van der Waals surface area contributed by atoms with Gasteiger partial charge >= 0.3 is 0 Å². The Morgan fingerprint density at radius 2 is 2.20 bits per heavy atom. The Morgan fingerprint density at radius 3 is 2.80 bits per heavy atom. The minimum absolute atomic E-state index is 0.00986. The number of nitrogens with zero attached hydrogens (tertiary/aromatic N) is 1. The molecule has 15 heavy (non-hydrogen) atoms. The average Bonchev–Trinajstić information content (AvgIpc) is 2.32. The van der Waals surface area contributed by atoms with E-state index in [1.54, 1.807) is 7.11 Å². The molecule has 2 heterocycles. The molecule has 0 aliphatic carbocycles. The molecule has 1 aromatic heterocycles. The molecule has 1 aromatic rings. The van der Waals surface area contributed by atoms with Gasteiger partial charge in [-0.2, -0.15) is 0 Å². The van der Waals surface area contributed by atoms with Crippen LogP contribution in [-0.4, -0.2) is 25.2 Å². The molecule has 0 bridgehead atoms. The van der Waals surface area contributed by atoms with Crippen LogP contribution in [0.1, 0.15) is 24.8 Å². The van der Waals surface area contributed by atoms with Crippen LogP contribution in [0.2, 0.25) is 0 Å². The second kappa shape index (κ2) is 4.73. The molecular formula is C12H18N2O. The molecule has 0 amide bonds. The predicted molar refractivity (Wildman–Crippen MR) is 59.6 cm³/mol. The van der Waals surface area contributed by atoms with Crippen LogP contribution in [0.15, 0.2) is 24.5 Å². The Labute approximate surface area is 90.9 Å². The zero-order valence-electron chi connectivity index (χ0n) is 9.20. The number of piperidine rings is 1. The van der Waals surface area contributed by atoms with Crippen molar-refractivity contribution in [1.29, 1.82) is 0 Å². The van der Waals surface area contributed by atoms with E-state index in [-0.39, 0.29) is 5.54 Å². The summed E-state index contributed by atoms with van der Waals surface area (Å²) in [7, 11) is 1.76. The highest BCUT2D eigenvalue weighted by Gasteiger charge is 2.33. The van der Waals surface area contributed by atoms with Crippen LogP contribution < -0.4 is 5.32 Å². The van der Waals surface area contributed by atoms with Gasteiger partial charge in [-0.05, 0) is 43.5 Å². The number of hydrogen-bond donors (Lipinski definition) is 1. The SMILES string of the molecule is COCC1(c2ccncc2)CCCCN1. The minimum atomic E-state index is 0.00986. The number of rotatable bonds is 3. The molecule has 1 N–H and O–H groups in total. The second-order valence-electron chi connectivity index (χ2n) is 4.13. The summed E-state index contributed by atoms with van der Waals surface area (Å²) in [6.45, 7) is 1.81. The van der Waals surface area contributed by atoms with E-state index >= 15 is 0 Å². The molecule has 0 saturated carbocycles. The largest absolute Gasteiger partial charge is 0.382 e. The molecule has 1 saturated heterocycles. The molecular weight excluding hydrogens is 188 g/mol. The van der Waals surface area contributed by atoms with Gasteiger partial charge in [-0.1, -0.05) is 0 Å². The fourth-order valence-corrected chi connectivity index (χ4v) is 2.34. The van der Waals surface area contributed by atoms with E-state index in [9.17, 15) is 0 Å². The third kappa shape index (κ3) is 2.19. The van der Waals surface area contributed by atoms with Gasteiger partial charge in [-0.15, -0.1) is 0 Å². The Hall–Kier alpha value is -0.930. The van der Waals surface area contributed by atoms with Crippen molar-refractivity contribution in [2.24, 2.45) is 0 Å². The number of hydrogen-bond acceptors (Lipinski definition) is 3. The van der Waals surface area contributed by atoms with Crippen molar-refractivity contribution < 1.29 is 4.74 Å². The summed E-state index contributed by atoms with van der Waals surface area (Å²) in [4.78, 5) is 4.06. The maximum absolute atomic E-state index is 5.36. The summed E-state index contributed by atoms with van der Waals surface area (Å²) in [6, 6.07) is 4.16.